The highest BCUT2D eigenvalue weighted by Crippen LogP contribution is 2.38. The number of hydrogen-bond donors (Lipinski definition) is 2. The summed E-state index contributed by atoms with van der Waals surface area (Å²) in [6.07, 6.45) is 15.6. The minimum absolute atomic E-state index is 0.123. The van der Waals surface area contributed by atoms with Gasteiger partial charge in [0.2, 0.25) is 0 Å². The zero-order valence-corrected chi connectivity index (χ0v) is 22.0. The summed E-state index contributed by atoms with van der Waals surface area (Å²) in [6, 6.07) is 9.90. The van der Waals surface area contributed by atoms with Crippen LogP contribution in [0.1, 0.15) is 75.8 Å². The fourth-order valence-electron chi connectivity index (χ4n) is 6.42. The first-order chi connectivity index (χ1) is 17.6. The Labute approximate surface area is 216 Å². The molecule has 4 atom stereocenters. The molecule has 4 aliphatic rings. The average Bonchev–Trinajstić information content (AvgIpc) is 3.63. The molecular formula is C30H42N4O2. The number of amidine groups is 1. The van der Waals surface area contributed by atoms with Gasteiger partial charge in [0.25, 0.3) is 0 Å². The van der Waals surface area contributed by atoms with Crippen molar-refractivity contribution in [1.29, 1.82) is 0 Å². The predicted molar refractivity (Wildman–Crippen MR) is 146 cm³/mol. The van der Waals surface area contributed by atoms with E-state index in [1.165, 1.54) is 68.4 Å². The molecule has 0 saturated carbocycles. The summed E-state index contributed by atoms with van der Waals surface area (Å²) >= 11 is 0. The highest BCUT2D eigenvalue weighted by atomic mass is 16.5. The smallest absolute Gasteiger partial charge is 0.305 e. The monoisotopic (exact) mass is 490 g/mol. The molecule has 4 unspecified atom stereocenters. The molecule has 0 spiro atoms. The first kappa shape index (κ1) is 25.1. The molecule has 6 nitrogen and oxygen atoms in total. The molecule has 0 radical (unpaired) electrons. The fraction of sp³-hybridized carbons (Fsp3) is 0.600. The lowest BCUT2D eigenvalue weighted by Gasteiger charge is -2.33. The molecule has 0 amide bonds. The van der Waals surface area contributed by atoms with E-state index in [-0.39, 0.29) is 18.1 Å². The fourth-order valence-corrected chi connectivity index (χ4v) is 6.42. The van der Waals surface area contributed by atoms with Crippen LogP contribution in [-0.4, -0.2) is 56.0 Å². The number of carbonyl (C=O) groups excluding carboxylic acids is 1. The maximum absolute atomic E-state index is 11.5. The van der Waals surface area contributed by atoms with E-state index >= 15 is 0 Å². The van der Waals surface area contributed by atoms with E-state index in [1.54, 1.807) is 0 Å². The third-order valence-electron chi connectivity index (χ3n) is 8.68. The molecule has 2 heterocycles. The van der Waals surface area contributed by atoms with Crippen LogP contribution in [0.15, 0.2) is 52.6 Å². The third-order valence-corrected chi connectivity index (χ3v) is 8.68. The minimum atomic E-state index is -0.123. The number of rotatable bonds is 8. The minimum Gasteiger partial charge on any atom is -0.469 e. The topological polar surface area (TPSA) is 66.0 Å². The number of anilines is 1. The summed E-state index contributed by atoms with van der Waals surface area (Å²) in [5.74, 6) is 1.48. The number of benzene rings is 1. The van der Waals surface area contributed by atoms with E-state index in [2.05, 4.69) is 52.0 Å². The van der Waals surface area contributed by atoms with Crippen molar-refractivity contribution in [1.82, 2.24) is 10.2 Å². The van der Waals surface area contributed by atoms with Gasteiger partial charge in [-0.25, -0.2) is 0 Å². The number of ether oxygens (including phenoxy) is 1. The van der Waals surface area contributed by atoms with Gasteiger partial charge in [-0.3, -0.25) is 9.79 Å². The number of allylic oxidation sites excluding steroid dienone is 2. The SMILES string of the molecule is CNc1ccc(C2N=C(C3CC=C(CCC(=O)OC)CC3)NC2C2=CCC(N3CCCC3)CC2)cc1. The standard InChI is InChI=1S/C30H42N4O2/c1-31-25-14-10-22(11-15-25)28-29(23-12-16-26(17-13-23)34-19-3-4-20-34)33-30(32-28)24-8-5-21(6-9-24)7-18-27(35)36-2/h5,10-12,14-15,24,26,28-29,31H,3-4,6-9,13,16-20H2,1-2H3,(H,32,33). The van der Waals surface area contributed by atoms with Gasteiger partial charge in [-0.2, -0.15) is 0 Å². The second kappa shape index (κ2) is 11.6. The lowest BCUT2D eigenvalue weighted by molar-refractivity contribution is -0.140. The van der Waals surface area contributed by atoms with E-state index in [4.69, 9.17) is 9.73 Å². The molecular weight excluding hydrogens is 448 g/mol. The normalized spacial score (nSPS) is 28.7. The summed E-state index contributed by atoms with van der Waals surface area (Å²) < 4.78 is 4.81. The molecule has 1 aromatic rings. The Bertz CT molecular complexity index is 1010. The summed E-state index contributed by atoms with van der Waals surface area (Å²) in [5.41, 5.74) is 5.34. The number of methoxy groups -OCH3 is 1. The van der Waals surface area contributed by atoms with Crippen molar-refractivity contribution in [3.05, 3.63) is 53.1 Å². The zero-order chi connectivity index (χ0) is 24.9. The zero-order valence-electron chi connectivity index (χ0n) is 22.0. The van der Waals surface area contributed by atoms with Crippen molar-refractivity contribution in [3.8, 4) is 0 Å². The van der Waals surface area contributed by atoms with Crippen molar-refractivity contribution in [2.24, 2.45) is 10.9 Å². The van der Waals surface area contributed by atoms with Crippen molar-refractivity contribution in [2.45, 2.75) is 82.3 Å². The first-order valence-corrected chi connectivity index (χ1v) is 13.9. The number of nitrogens with zero attached hydrogens (tertiary/aromatic N) is 2. The van der Waals surface area contributed by atoms with Gasteiger partial charge >= 0.3 is 5.97 Å². The van der Waals surface area contributed by atoms with E-state index < -0.39 is 0 Å². The maximum atomic E-state index is 11.5. The van der Waals surface area contributed by atoms with E-state index in [0.29, 0.717) is 12.3 Å². The predicted octanol–water partition coefficient (Wildman–Crippen LogP) is 5.39. The Morgan fingerprint density at radius 1 is 1.11 bits per heavy atom. The Balaban J connectivity index is 1.30. The largest absolute Gasteiger partial charge is 0.469 e. The molecule has 6 heteroatoms. The van der Waals surface area contributed by atoms with Crippen LogP contribution in [0.2, 0.25) is 0 Å². The molecule has 36 heavy (non-hydrogen) atoms. The van der Waals surface area contributed by atoms with E-state index in [1.807, 2.05) is 7.05 Å². The van der Waals surface area contributed by atoms with Crippen molar-refractivity contribution < 1.29 is 9.53 Å². The van der Waals surface area contributed by atoms with Crippen LogP contribution in [0.5, 0.6) is 0 Å². The van der Waals surface area contributed by atoms with Gasteiger partial charge in [0.1, 0.15) is 11.9 Å². The first-order valence-electron chi connectivity index (χ1n) is 13.9. The second-order valence-corrected chi connectivity index (χ2v) is 10.8. The maximum Gasteiger partial charge on any atom is 0.305 e. The third kappa shape index (κ3) is 5.69. The quantitative estimate of drug-likeness (QED) is 0.378. The summed E-state index contributed by atoms with van der Waals surface area (Å²) in [6.45, 7) is 2.56. The van der Waals surface area contributed by atoms with Crippen LogP contribution >= 0.6 is 0 Å². The van der Waals surface area contributed by atoms with Gasteiger partial charge in [-0.05, 0) is 94.1 Å². The Kier molecular flexibility index (Phi) is 8.10. The molecule has 0 aromatic heterocycles. The molecule has 5 rings (SSSR count). The average molecular weight is 491 g/mol. The molecule has 0 bridgehead atoms. The van der Waals surface area contributed by atoms with Crippen molar-refractivity contribution in [2.75, 3.05) is 32.6 Å². The Morgan fingerprint density at radius 2 is 1.92 bits per heavy atom. The Morgan fingerprint density at radius 3 is 2.56 bits per heavy atom. The van der Waals surface area contributed by atoms with E-state index in [0.717, 1.165) is 43.8 Å². The van der Waals surface area contributed by atoms with Crippen LogP contribution < -0.4 is 10.6 Å². The van der Waals surface area contributed by atoms with Gasteiger partial charge < -0.3 is 20.3 Å². The summed E-state index contributed by atoms with van der Waals surface area (Å²) in [7, 11) is 3.43. The highest BCUT2D eigenvalue weighted by molar-refractivity contribution is 5.88. The van der Waals surface area contributed by atoms with Gasteiger partial charge in [-0.1, -0.05) is 29.9 Å². The lowest BCUT2D eigenvalue weighted by atomic mass is 9.85. The van der Waals surface area contributed by atoms with Crippen LogP contribution in [0, 0.1) is 5.92 Å². The lowest BCUT2D eigenvalue weighted by Crippen LogP contribution is -2.39. The number of likely N-dealkylation sites (tertiary alicyclic amines) is 1. The van der Waals surface area contributed by atoms with Gasteiger partial charge in [-0.15, -0.1) is 0 Å². The number of carbonyl (C=O) groups is 1. The number of esters is 1. The molecule has 2 N–H and O–H groups in total. The molecule has 1 fully saturated rings. The van der Waals surface area contributed by atoms with Crippen molar-refractivity contribution >= 4 is 17.5 Å². The molecule has 1 aromatic carbocycles. The van der Waals surface area contributed by atoms with Crippen molar-refractivity contribution in [3.63, 3.8) is 0 Å². The number of aliphatic imine (C=N–C) groups is 1. The summed E-state index contributed by atoms with van der Waals surface area (Å²) in [5, 5.41) is 7.15. The van der Waals surface area contributed by atoms with Crippen LogP contribution in [0.3, 0.4) is 0 Å². The number of nitrogens with one attached hydrogen (secondary N) is 2. The second-order valence-electron chi connectivity index (χ2n) is 10.8. The Hall–Kier alpha value is -2.60. The van der Waals surface area contributed by atoms with Gasteiger partial charge in [0, 0.05) is 31.1 Å². The molecule has 1 saturated heterocycles. The van der Waals surface area contributed by atoms with E-state index in [9.17, 15) is 4.79 Å². The molecule has 2 aliphatic carbocycles. The molecule has 194 valence electrons. The molecule has 2 aliphatic heterocycles. The van der Waals surface area contributed by atoms with Crippen LogP contribution in [-0.2, 0) is 9.53 Å². The highest BCUT2D eigenvalue weighted by Gasteiger charge is 2.37. The summed E-state index contributed by atoms with van der Waals surface area (Å²) in [4.78, 5) is 19.6. The van der Waals surface area contributed by atoms with Crippen LogP contribution in [0.4, 0.5) is 5.69 Å². The van der Waals surface area contributed by atoms with Gasteiger partial charge in [0.15, 0.2) is 0 Å². The number of hydrogen-bond acceptors (Lipinski definition) is 6. The van der Waals surface area contributed by atoms with Gasteiger partial charge in [0.05, 0.1) is 13.2 Å². The van der Waals surface area contributed by atoms with Crippen LogP contribution in [0.25, 0.3) is 0 Å².